The lowest BCUT2D eigenvalue weighted by Gasteiger charge is -2.20. The highest BCUT2D eigenvalue weighted by Gasteiger charge is 2.28. The molecule has 30 heavy (non-hydrogen) atoms. The van der Waals surface area contributed by atoms with Gasteiger partial charge in [0.25, 0.3) is 0 Å². The van der Waals surface area contributed by atoms with Crippen molar-refractivity contribution in [3.05, 3.63) is 29.8 Å². The second-order valence-electron chi connectivity index (χ2n) is 8.93. The fraction of sp³-hybridized carbons (Fsp3) is 0.619. The van der Waals surface area contributed by atoms with Gasteiger partial charge >= 0.3 is 6.09 Å². The van der Waals surface area contributed by atoms with Gasteiger partial charge in [-0.1, -0.05) is 12.1 Å². The molecule has 0 aliphatic rings. The first-order valence-electron chi connectivity index (χ1n) is 9.99. The summed E-state index contributed by atoms with van der Waals surface area (Å²) < 4.78 is 28.8. The molecule has 0 heterocycles. The number of nitrogens with zero attached hydrogens (tertiary/aromatic N) is 1. The summed E-state index contributed by atoms with van der Waals surface area (Å²) in [5.41, 5.74) is 1.21. The van der Waals surface area contributed by atoms with Crippen LogP contribution in [0.15, 0.2) is 29.3 Å². The Morgan fingerprint density at radius 2 is 1.57 bits per heavy atom. The minimum atomic E-state index is -3.17. The number of benzene rings is 1. The quantitative estimate of drug-likeness (QED) is 0.444. The van der Waals surface area contributed by atoms with Gasteiger partial charge in [-0.2, -0.15) is 0 Å². The largest absolute Gasteiger partial charge is 0.444 e. The van der Waals surface area contributed by atoms with E-state index in [2.05, 4.69) is 20.9 Å². The first-order chi connectivity index (χ1) is 13.7. The third-order valence-corrected chi connectivity index (χ3v) is 6.73. The summed E-state index contributed by atoms with van der Waals surface area (Å²) in [5, 5.41) is 8.90. The first-order valence-corrected chi connectivity index (χ1v) is 11.6. The Morgan fingerprint density at radius 3 is 2.07 bits per heavy atom. The van der Waals surface area contributed by atoms with Crippen molar-refractivity contribution in [3.8, 4) is 0 Å². The third kappa shape index (κ3) is 9.47. The van der Waals surface area contributed by atoms with Crippen LogP contribution in [0.25, 0.3) is 0 Å². The van der Waals surface area contributed by atoms with Gasteiger partial charge in [0.05, 0.1) is 10.5 Å². The number of guanidine groups is 1. The number of rotatable bonds is 7. The molecule has 0 radical (unpaired) electrons. The maximum absolute atomic E-state index is 12.1. The average molecular weight is 441 g/mol. The molecule has 0 saturated heterocycles. The highest BCUT2D eigenvalue weighted by Crippen LogP contribution is 2.15. The van der Waals surface area contributed by atoms with Gasteiger partial charge in [0, 0.05) is 25.8 Å². The Hall–Kier alpha value is -2.29. The zero-order chi connectivity index (χ0) is 23.0. The predicted molar refractivity (Wildman–Crippen MR) is 123 cm³/mol. The van der Waals surface area contributed by atoms with E-state index in [9.17, 15) is 13.2 Å². The molecule has 0 saturated carbocycles. The van der Waals surface area contributed by atoms with Gasteiger partial charge in [-0.25, -0.2) is 13.2 Å². The fourth-order valence-electron chi connectivity index (χ4n) is 2.33. The Labute approximate surface area is 180 Å². The molecular formula is C21H36N4O4S. The van der Waals surface area contributed by atoms with Gasteiger partial charge in [-0.15, -0.1) is 0 Å². The highest BCUT2D eigenvalue weighted by molar-refractivity contribution is 7.92. The average Bonchev–Trinajstić information content (AvgIpc) is 2.59. The normalized spacial score (nSPS) is 13.0. The zero-order valence-electron chi connectivity index (χ0n) is 19.1. The summed E-state index contributed by atoms with van der Waals surface area (Å²) in [7, 11) is -1.53. The Kier molecular flexibility index (Phi) is 9.14. The molecule has 0 aliphatic carbocycles. The predicted octanol–water partition coefficient (Wildman–Crippen LogP) is 2.95. The number of hydrogen-bond donors (Lipinski definition) is 3. The van der Waals surface area contributed by atoms with Crippen LogP contribution >= 0.6 is 0 Å². The van der Waals surface area contributed by atoms with Crippen molar-refractivity contribution < 1.29 is 17.9 Å². The van der Waals surface area contributed by atoms with Crippen LogP contribution in [0.1, 0.15) is 47.1 Å². The summed E-state index contributed by atoms with van der Waals surface area (Å²) in [5.74, 6) is 0.603. The molecule has 0 aliphatic heterocycles. The lowest BCUT2D eigenvalue weighted by molar-refractivity contribution is 0.0636. The third-order valence-electron chi connectivity index (χ3n) is 4.13. The first kappa shape index (κ1) is 25.7. The van der Waals surface area contributed by atoms with E-state index in [1.54, 1.807) is 27.8 Å². The molecule has 0 spiro atoms. The summed E-state index contributed by atoms with van der Waals surface area (Å²) in [4.78, 5) is 15.9. The number of nitrogens with one attached hydrogen (secondary N) is 3. The minimum Gasteiger partial charge on any atom is -0.444 e. The second-order valence-corrected chi connectivity index (χ2v) is 11.8. The van der Waals surface area contributed by atoms with Crippen LogP contribution in [0.2, 0.25) is 0 Å². The fourth-order valence-corrected chi connectivity index (χ4v) is 3.32. The molecule has 9 heteroatoms. The van der Waals surface area contributed by atoms with Crippen LogP contribution in [0, 0.1) is 0 Å². The van der Waals surface area contributed by atoms with Crippen LogP contribution in [0.4, 0.5) is 10.5 Å². The maximum atomic E-state index is 12.1. The monoisotopic (exact) mass is 440 g/mol. The molecule has 1 aromatic carbocycles. The maximum Gasteiger partial charge on any atom is 0.412 e. The van der Waals surface area contributed by atoms with Crippen molar-refractivity contribution in [1.82, 2.24) is 10.6 Å². The lowest BCUT2D eigenvalue weighted by Crippen LogP contribution is -2.42. The lowest BCUT2D eigenvalue weighted by atomic mass is 10.1. The Morgan fingerprint density at radius 1 is 1.00 bits per heavy atom. The van der Waals surface area contributed by atoms with Crippen molar-refractivity contribution in [3.63, 3.8) is 0 Å². The summed E-state index contributed by atoms with van der Waals surface area (Å²) in [6.45, 7) is 11.5. The Balaban J connectivity index is 2.42. The van der Waals surface area contributed by atoms with E-state index in [-0.39, 0.29) is 5.75 Å². The SMILES string of the molecule is CN=C(NCCc1ccc(NC(=O)OC(C)(C)C)cc1)NCCS(=O)(=O)C(C)(C)C. The molecule has 1 amide bonds. The topological polar surface area (TPSA) is 109 Å². The van der Waals surface area contributed by atoms with Crippen molar-refractivity contribution >= 4 is 27.6 Å². The van der Waals surface area contributed by atoms with Crippen molar-refractivity contribution in [2.24, 2.45) is 4.99 Å². The molecule has 1 aromatic rings. The smallest absolute Gasteiger partial charge is 0.412 e. The van der Waals surface area contributed by atoms with Gasteiger partial charge in [0.2, 0.25) is 0 Å². The molecule has 0 unspecified atom stereocenters. The van der Waals surface area contributed by atoms with Gasteiger partial charge < -0.3 is 15.4 Å². The molecule has 0 bridgehead atoms. The number of sulfone groups is 1. The van der Waals surface area contributed by atoms with Crippen molar-refractivity contribution in [1.29, 1.82) is 0 Å². The number of hydrogen-bond acceptors (Lipinski definition) is 5. The molecule has 0 aromatic heterocycles. The highest BCUT2D eigenvalue weighted by atomic mass is 32.2. The van der Waals surface area contributed by atoms with E-state index >= 15 is 0 Å². The van der Waals surface area contributed by atoms with Crippen LogP contribution in [0.3, 0.4) is 0 Å². The van der Waals surface area contributed by atoms with Crippen molar-refractivity contribution in [2.45, 2.75) is 58.3 Å². The van der Waals surface area contributed by atoms with Gasteiger partial charge in [0.15, 0.2) is 15.8 Å². The molecule has 0 atom stereocenters. The summed E-state index contributed by atoms with van der Waals surface area (Å²) in [6.07, 6.45) is 0.258. The van der Waals surface area contributed by atoms with Crippen molar-refractivity contribution in [2.75, 3.05) is 31.2 Å². The number of carbonyl (C=O) groups excluding carboxylic acids is 1. The zero-order valence-corrected chi connectivity index (χ0v) is 19.9. The van der Waals surface area contributed by atoms with E-state index in [1.807, 2.05) is 45.0 Å². The minimum absolute atomic E-state index is 0.0450. The molecular weight excluding hydrogens is 404 g/mol. The van der Waals surface area contributed by atoms with E-state index < -0.39 is 26.3 Å². The summed E-state index contributed by atoms with van der Waals surface area (Å²) in [6, 6.07) is 7.51. The second kappa shape index (κ2) is 10.7. The van der Waals surface area contributed by atoms with E-state index in [4.69, 9.17) is 4.74 Å². The number of ether oxygens (including phenoxy) is 1. The number of carbonyl (C=O) groups is 1. The van der Waals surface area contributed by atoms with Crippen LogP contribution in [-0.2, 0) is 21.0 Å². The van der Waals surface area contributed by atoms with E-state index in [0.29, 0.717) is 24.7 Å². The number of aliphatic imine (C=N–C) groups is 1. The Bertz CT molecular complexity index is 820. The molecule has 8 nitrogen and oxygen atoms in total. The standard InChI is InChI=1S/C21H36N4O4S/c1-20(2,3)29-19(26)25-17-10-8-16(9-11-17)12-13-23-18(22-7)24-14-15-30(27,28)21(4,5)6/h8-11H,12-15H2,1-7H3,(H,25,26)(H2,22,23,24). The number of anilines is 1. The van der Waals surface area contributed by atoms with Crippen LogP contribution < -0.4 is 16.0 Å². The molecule has 170 valence electrons. The van der Waals surface area contributed by atoms with Gasteiger partial charge in [-0.05, 0) is 65.7 Å². The molecule has 1 rings (SSSR count). The molecule has 3 N–H and O–H groups in total. The van der Waals surface area contributed by atoms with Gasteiger partial charge in [-0.3, -0.25) is 10.3 Å². The van der Waals surface area contributed by atoms with Crippen LogP contribution in [0.5, 0.6) is 0 Å². The van der Waals surface area contributed by atoms with Gasteiger partial charge in [0.1, 0.15) is 5.60 Å². The van der Waals surface area contributed by atoms with Crippen LogP contribution in [-0.4, -0.2) is 56.7 Å². The van der Waals surface area contributed by atoms with E-state index in [1.165, 1.54) is 0 Å². The molecule has 0 fully saturated rings. The number of amides is 1. The van der Waals surface area contributed by atoms with E-state index in [0.717, 1.165) is 12.0 Å². The summed E-state index contributed by atoms with van der Waals surface area (Å²) >= 11 is 0.